The van der Waals surface area contributed by atoms with E-state index >= 15 is 0 Å². The quantitative estimate of drug-likeness (QED) is 0.671. The SMILES string of the molecule is CC1CN2CCCC2CN1C(=O)c1ccc(I)c(Cl)c1. The summed E-state index contributed by atoms with van der Waals surface area (Å²) < 4.78 is 0.981. The highest BCUT2D eigenvalue weighted by molar-refractivity contribution is 14.1. The van der Waals surface area contributed by atoms with E-state index in [4.69, 9.17) is 11.6 Å². The molecule has 1 amide bonds. The summed E-state index contributed by atoms with van der Waals surface area (Å²) in [5.74, 6) is 0.113. The number of hydrogen-bond acceptors (Lipinski definition) is 2. The molecule has 0 aromatic heterocycles. The first-order valence-electron chi connectivity index (χ1n) is 7.06. The first-order valence-corrected chi connectivity index (χ1v) is 8.52. The van der Waals surface area contributed by atoms with Crippen LogP contribution in [0, 0.1) is 3.57 Å². The summed E-state index contributed by atoms with van der Waals surface area (Å²) in [7, 11) is 0. The van der Waals surface area contributed by atoms with Crippen LogP contribution in [0.2, 0.25) is 5.02 Å². The Kier molecular flexibility index (Phi) is 4.24. The highest BCUT2D eigenvalue weighted by Gasteiger charge is 2.36. The Morgan fingerprint density at radius 1 is 1.40 bits per heavy atom. The summed E-state index contributed by atoms with van der Waals surface area (Å²) in [4.78, 5) is 17.3. The Morgan fingerprint density at radius 2 is 2.20 bits per heavy atom. The van der Waals surface area contributed by atoms with E-state index in [0.29, 0.717) is 16.6 Å². The van der Waals surface area contributed by atoms with Gasteiger partial charge in [0, 0.05) is 34.3 Å². The van der Waals surface area contributed by atoms with E-state index in [1.54, 1.807) is 6.07 Å². The Labute approximate surface area is 138 Å². The summed E-state index contributed by atoms with van der Waals surface area (Å²) in [5.41, 5.74) is 0.703. The predicted molar refractivity (Wildman–Crippen MR) is 89.3 cm³/mol. The highest BCUT2D eigenvalue weighted by Crippen LogP contribution is 2.27. The Morgan fingerprint density at radius 3 is 2.95 bits per heavy atom. The van der Waals surface area contributed by atoms with Crippen molar-refractivity contribution in [3.8, 4) is 0 Å². The van der Waals surface area contributed by atoms with Crippen LogP contribution in [0.15, 0.2) is 18.2 Å². The van der Waals surface area contributed by atoms with Gasteiger partial charge in [-0.2, -0.15) is 0 Å². The number of carbonyl (C=O) groups is 1. The van der Waals surface area contributed by atoms with Crippen LogP contribution >= 0.6 is 34.2 Å². The second kappa shape index (κ2) is 5.81. The van der Waals surface area contributed by atoms with Crippen LogP contribution in [0.4, 0.5) is 0 Å². The van der Waals surface area contributed by atoms with Crippen molar-refractivity contribution in [2.75, 3.05) is 19.6 Å². The fraction of sp³-hybridized carbons (Fsp3) is 0.533. The van der Waals surface area contributed by atoms with Crippen molar-refractivity contribution in [2.45, 2.75) is 31.8 Å². The smallest absolute Gasteiger partial charge is 0.254 e. The normalized spacial score (nSPS) is 26.6. The third kappa shape index (κ3) is 2.70. The van der Waals surface area contributed by atoms with E-state index in [1.165, 1.54) is 19.4 Å². The van der Waals surface area contributed by atoms with Crippen LogP contribution in [0.5, 0.6) is 0 Å². The third-order valence-electron chi connectivity index (χ3n) is 4.36. The van der Waals surface area contributed by atoms with E-state index in [0.717, 1.165) is 16.7 Å². The highest BCUT2D eigenvalue weighted by atomic mass is 127. The van der Waals surface area contributed by atoms with Crippen molar-refractivity contribution in [1.29, 1.82) is 0 Å². The van der Waals surface area contributed by atoms with Gasteiger partial charge in [0.15, 0.2) is 0 Å². The van der Waals surface area contributed by atoms with Gasteiger partial charge in [0.2, 0.25) is 0 Å². The van der Waals surface area contributed by atoms with Gasteiger partial charge in [-0.1, -0.05) is 11.6 Å². The lowest BCUT2D eigenvalue weighted by atomic mass is 10.1. The molecule has 2 saturated heterocycles. The molecule has 0 radical (unpaired) electrons. The standard InChI is InChI=1S/C15H18ClIN2O/c1-10-8-18-6-2-3-12(18)9-19(10)15(20)11-4-5-14(17)13(16)7-11/h4-5,7,10,12H,2-3,6,8-9H2,1H3. The molecule has 0 bridgehead atoms. The van der Waals surface area contributed by atoms with Gasteiger partial charge in [0.25, 0.3) is 5.91 Å². The van der Waals surface area contributed by atoms with Crippen LogP contribution < -0.4 is 0 Å². The van der Waals surface area contributed by atoms with Crippen molar-refractivity contribution in [3.05, 3.63) is 32.4 Å². The summed E-state index contributed by atoms with van der Waals surface area (Å²) in [6, 6.07) is 6.40. The van der Waals surface area contributed by atoms with Crippen molar-refractivity contribution in [1.82, 2.24) is 9.80 Å². The summed E-state index contributed by atoms with van der Waals surface area (Å²) in [6.45, 7) is 5.17. The second-order valence-electron chi connectivity index (χ2n) is 5.73. The molecule has 2 heterocycles. The lowest BCUT2D eigenvalue weighted by Gasteiger charge is -2.42. The number of fused-ring (bicyclic) bond motifs is 1. The number of halogens is 2. The van der Waals surface area contributed by atoms with Gasteiger partial charge in [0.1, 0.15) is 0 Å². The summed E-state index contributed by atoms with van der Waals surface area (Å²) >= 11 is 8.32. The van der Waals surface area contributed by atoms with E-state index < -0.39 is 0 Å². The molecule has 2 aliphatic rings. The molecule has 3 rings (SSSR count). The number of nitrogens with zero attached hydrogens (tertiary/aromatic N) is 2. The number of carbonyl (C=O) groups excluding carboxylic acids is 1. The van der Waals surface area contributed by atoms with Crippen molar-refractivity contribution < 1.29 is 4.79 Å². The van der Waals surface area contributed by atoms with Crippen LogP contribution in [0.25, 0.3) is 0 Å². The zero-order valence-corrected chi connectivity index (χ0v) is 14.4. The molecule has 5 heteroatoms. The molecule has 2 unspecified atom stereocenters. The molecule has 20 heavy (non-hydrogen) atoms. The molecule has 0 saturated carbocycles. The molecule has 0 aliphatic carbocycles. The Bertz CT molecular complexity index is 537. The van der Waals surface area contributed by atoms with Gasteiger partial charge in [-0.15, -0.1) is 0 Å². The monoisotopic (exact) mass is 404 g/mol. The molecule has 0 N–H and O–H groups in total. The topological polar surface area (TPSA) is 23.6 Å². The van der Waals surface area contributed by atoms with Gasteiger partial charge < -0.3 is 4.90 Å². The van der Waals surface area contributed by atoms with Gasteiger partial charge in [0.05, 0.1) is 5.02 Å². The van der Waals surface area contributed by atoms with Crippen LogP contribution in [-0.2, 0) is 0 Å². The first kappa shape index (κ1) is 14.6. The van der Waals surface area contributed by atoms with Crippen molar-refractivity contribution in [2.24, 2.45) is 0 Å². The lowest BCUT2D eigenvalue weighted by molar-refractivity contribution is 0.0395. The fourth-order valence-corrected chi connectivity index (χ4v) is 3.78. The van der Waals surface area contributed by atoms with Gasteiger partial charge in [-0.25, -0.2) is 0 Å². The van der Waals surface area contributed by atoms with E-state index in [2.05, 4.69) is 34.4 Å². The molecule has 108 valence electrons. The number of piperazine rings is 1. The van der Waals surface area contributed by atoms with Gasteiger partial charge in [-0.05, 0) is 67.1 Å². The lowest BCUT2D eigenvalue weighted by Crippen LogP contribution is -2.56. The molecule has 0 spiro atoms. The number of benzene rings is 1. The van der Waals surface area contributed by atoms with E-state index in [-0.39, 0.29) is 11.9 Å². The largest absolute Gasteiger partial charge is 0.333 e. The van der Waals surface area contributed by atoms with Gasteiger partial charge in [-0.3, -0.25) is 9.69 Å². The first-order chi connectivity index (χ1) is 9.56. The zero-order valence-electron chi connectivity index (χ0n) is 11.5. The van der Waals surface area contributed by atoms with Crippen molar-refractivity contribution in [3.63, 3.8) is 0 Å². The second-order valence-corrected chi connectivity index (χ2v) is 7.30. The maximum Gasteiger partial charge on any atom is 0.254 e. The van der Waals surface area contributed by atoms with Gasteiger partial charge >= 0.3 is 0 Å². The molecular formula is C15H18ClIN2O. The maximum absolute atomic E-state index is 12.7. The van der Waals surface area contributed by atoms with Crippen molar-refractivity contribution >= 4 is 40.1 Å². The average molecular weight is 405 g/mol. The Hall–Kier alpha value is -0.330. The van der Waals surface area contributed by atoms with E-state index in [9.17, 15) is 4.79 Å². The molecule has 2 fully saturated rings. The number of hydrogen-bond donors (Lipinski definition) is 0. The van der Waals surface area contributed by atoms with Crippen LogP contribution in [0.3, 0.4) is 0 Å². The number of rotatable bonds is 1. The minimum absolute atomic E-state index is 0.113. The Balaban J connectivity index is 1.80. The van der Waals surface area contributed by atoms with E-state index in [1.807, 2.05) is 17.0 Å². The molecule has 3 nitrogen and oxygen atoms in total. The van der Waals surface area contributed by atoms with Crippen LogP contribution in [-0.4, -0.2) is 47.4 Å². The summed E-state index contributed by atoms with van der Waals surface area (Å²) in [6.07, 6.45) is 2.47. The summed E-state index contributed by atoms with van der Waals surface area (Å²) in [5, 5.41) is 0.656. The molecule has 1 aromatic carbocycles. The predicted octanol–water partition coefficient (Wildman–Crippen LogP) is 3.25. The molecule has 2 aliphatic heterocycles. The minimum atomic E-state index is 0.113. The molecule has 2 atom stereocenters. The average Bonchev–Trinajstić information content (AvgIpc) is 2.87. The van der Waals surface area contributed by atoms with Crippen LogP contribution in [0.1, 0.15) is 30.1 Å². The number of amides is 1. The molecular weight excluding hydrogens is 387 g/mol. The minimum Gasteiger partial charge on any atom is -0.333 e. The maximum atomic E-state index is 12.7. The molecule has 1 aromatic rings. The fourth-order valence-electron chi connectivity index (χ4n) is 3.27. The third-order valence-corrected chi connectivity index (χ3v) is 5.94. The zero-order chi connectivity index (χ0) is 14.3.